The summed E-state index contributed by atoms with van der Waals surface area (Å²) >= 11 is 0. The lowest BCUT2D eigenvalue weighted by Gasteiger charge is -2.05. The molecule has 2 heteroatoms. The fourth-order valence-electron chi connectivity index (χ4n) is 1.40. The lowest BCUT2D eigenvalue weighted by Crippen LogP contribution is -1.87. The molecule has 15 heavy (non-hydrogen) atoms. The normalized spacial score (nSPS) is 9.80. The molecule has 0 aliphatic carbocycles. The molecule has 0 aliphatic rings. The second-order valence-electron chi connectivity index (χ2n) is 3.53. The summed E-state index contributed by atoms with van der Waals surface area (Å²) in [5.74, 6) is 2.33. The van der Waals surface area contributed by atoms with Crippen LogP contribution in [0.15, 0.2) is 24.3 Å². The van der Waals surface area contributed by atoms with E-state index in [1.165, 1.54) is 16.7 Å². The third kappa shape index (κ3) is 3.07. The van der Waals surface area contributed by atoms with E-state index < -0.39 is 0 Å². The van der Waals surface area contributed by atoms with Crippen molar-refractivity contribution < 1.29 is 4.79 Å². The average Bonchev–Trinajstić information content (AvgIpc) is 2.21. The predicted octanol–water partition coefficient (Wildman–Crippen LogP) is 3.08. The molecular weight excluding hydrogens is 184 g/mol. The van der Waals surface area contributed by atoms with Gasteiger partial charge < -0.3 is 5.53 Å². The van der Waals surface area contributed by atoms with Crippen LogP contribution in [0.4, 0.5) is 0 Å². The fraction of sp³-hybridized carbons (Fsp3) is 0.231. The summed E-state index contributed by atoms with van der Waals surface area (Å²) in [5.41, 5.74) is 13.2. The summed E-state index contributed by atoms with van der Waals surface area (Å²) in [4.78, 5) is 2.76. The standard InChI is InChI=1S/C13H14N2/c1-10-8-13(6-4-5-7-15-14)9-11(2)12(10)3/h4-6,8-9H,1-3H3. The Bertz CT molecular complexity index is 448. The Morgan fingerprint density at radius 3 is 2.33 bits per heavy atom. The number of aryl methyl sites for hydroxylation is 2. The van der Waals surface area contributed by atoms with Crippen molar-refractivity contribution in [1.29, 1.82) is 0 Å². The van der Waals surface area contributed by atoms with E-state index in [-0.39, 0.29) is 0 Å². The van der Waals surface area contributed by atoms with Crippen LogP contribution in [-0.2, 0) is 0 Å². The first-order valence-corrected chi connectivity index (χ1v) is 4.82. The van der Waals surface area contributed by atoms with Gasteiger partial charge in [-0.25, -0.2) is 0 Å². The molecule has 0 aromatic heterocycles. The highest BCUT2D eigenvalue weighted by Gasteiger charge is 1.97. The van der Waals surface area contributed by atoms with Gasteiger partial charge in [-0.3, -0.25) is 0 Å². The van der Waals surface area contributed by atoms with Crippen molar-refractivity contribution in [1.82, 2.24) is 0 Å². The van der Waals surface area contributed by atoms with Crippen molar-refractivity contribution in [3.05, 3.63) is 52.1 Å². The van der Waals surface area contributed by atoms with E-state index in [9.17, 15) is 0 Å². The third-order valence-corrected chi connectivity index (χ3v) is 2.47. The number of nitrogens with zero attached hydrogens (tertiary/aromatic N) is 2. The molecule has 2 nitrogen and oxygen atoms in total. The topological polar surface area (TPSA) is 36.4 Å². The molecule has 0 N–H and O–H groups in total. The Kier molecular flexibility index (Phi) is 3.82. The van der Waals surface area contributed by atoms with Crippen LogP contribution in [-0.4, -0.2) is 10.7 Å². The molecule has 0 amide bonds. The molecule has 0 heterocycles. The first-order valence-electron chi connectivity index (χ1n) is 4.82. The first kappa shape index (κ1) is 11.2. The SMILES string of the molecule is Cc1cc(C=CC=C=[N+]=[N-])cc(C)c1C. The van der Waals surface area contributed by atoms with E-state index in [0.717, 1.165) is 5.56 Å². The summed E-state index contributed by atoms with van der Waals surface area (Å²) in [7, 11) is 0. The van der Waals surface area contributed by atoms with Crippen LogP contribution >= 0.6 is 0 Å². The quantitative estimate of drug-likeness (QED) is 0.303. The van der Waals surface area contributed by atoms with E-state index in [1.54, 1.807) is 12.2 Å². The summed E-state index contributed by atoms with van der Waals surface area (Å²) in [5, 5.41) is 0. The van der Waals surface area contributed by atoms with Gasteiger partial charge in [-0.05, 0) is 49.1 Å². The van der Waals surface area contributed by atoms with Crippen LogP contribution in [0.2, 0.25) is 0 Å². The van der Waals surface area contributed by atoms with Gasteiger partial charge in [0.1, 0.15) is 0 Å². The van der Waals surface area contributed by atoms with Crippen LogP contribution < -0.4 is 0 Å². The van der Waals surface area contributed by atoms with Gasteiger partial charge in [0.2, 0.25) is 0 Å². The smallest absolute Gasteiger partial charge is 0.299 e. The lowest BCUT2D eigenvalue weighted by atomic mass is 10.0. The number of benzene rings is 1. The molecular formula is C13H14N2. The monoisotopic (exact) mass is 198 g/mol. The minimum atomic E-state index is 1.14. The number of rotatable bonds is 2. The van der Waals surface area contributed by atoms with Crippen LogP contribution in [0, 0.1) is 20.8 Å². The molecule has 0 radical (unpaired) electrons. The lowest BCUT2D eigenvalue weighted by molar-refractivity contribution is 0.00805. The summed E-state index contributed by atoms with van der Waals surface area (Å²) in [6.45, 7) is 6.33. The zero-order valence-electron chi connectivity index (χ0n) is 9.28. The maximum atomic E-state index is 8.14. The van der Waals surface area contributed by atoms with Crippen molar-refractivity contribution in [3.63, 3.8) is 0 Å². The van der Waals surface area contributed by atoms with Crippen molar-refractivity contribution in [2.45, 2.75) is 20.8 Å². The van der Waals surface area contributed by atoms with Gasteiger partial charge in [-0.15, -0.1) is 4.79 Å². The van der Waals surface area contributed by atoms with Crippen LogP contribution in [0.25, 0.3) is 11.6 Å². The molecule has 0 spiro atoms. The molecule has 0 fully saturated rings. The van der Waals surface area contributed by atoms with Gasteiger partial charge in [0, 0.05) is 0 Å². The molecule has 0 atom stereocenters. The van der Waals surface area contributed by atoms with Gasteiger partial charge >= 0.3 is 0 Å². The highest BCUT2D eigenvalue weighted by molar-refractivity contribution is 5.59. The third-order valence-electron chi connectivity index (χ3n) is 2.47. The van der Waals surface area contributed by atoms with E-state index in [4.69, 9.17) is 5.53 Å². The molecule has 0 bridgehead atoms. The van der Waals surface area contributed by atoms with Gasteiger partial charge in [0.05, 0.1) is 6.08 Å². The highest BCUT2D eigenvalue weighted by Crippen LogP contribution is 2.16. The molecule has 0 saturated heterocycles. The first-order chi connectivity index (χ1) is 7.15. The van der Waals surface area contributed by atoms with Crippen LogP contribution in [0.1, 0.15) is 22.3 Å². The van der Waals surface area contributed by atoms with Gasteiger partial charge in [-0.2, -0.15) is 0 Å². The van der Waals surface area contributed by atoms with Crippen molar-refractivity contribution in [3.8, 4) is 0 Å². The van der Waals surface area contributed by atoms with E-state index in [0.29, 0.717) is 0 Å². The molecule has 1 rings (SSSR count). The number of hydrogen-bond acceptors (Lipinski definition) is 0. The Hall–Kier alpha value is -1.88. The number of allylic oxidation sites excluding steroid dienone is 2. The zero-order chi connectivity index (χ0) is 11.3. The summed E-state index contributed by atoms with van der Waals surface area (Å²) in [6.07, 6.45) is 5.31. The molecule has 1 aromatic rings. The Balaban J connectivity index is 3.02. The number of hydrogen-bond donors (Lipinski definition) is 0. The second kappa shape index (κ2) is 5.11. The zero-order valence-corrected chi connectivity index (χ0v) is 9.28. The molecule has 0 aliphatic heterocycles. The van der Waals surface area contributed by atoms with Gasteiger partial charge in [0.15, 0.2) is 0 Å². The minimum absolute atomic E-state index is 1.14. The van der Waals surface area contributed by atoms with Crippen molar-refractivity contribution >= 4 is 11.9 Å². The maximum absolute atomic E-state index is 8.14. The van der Waals surface area contributed by atoms with Crippen molar-refractivity contribution in [2.75, 3.05) is 0 Å². The maximum Gasteiger partial charge on any atom is 0.299 e. The van der Waals surface area contributed by atoms with Crippen LogP contribution in [0.3, 0.4) is 0 Å². The Morgan fingerprint density at radius 1 is 1.20 bits per heavy atom. The van der Waals surface area contributed by atoms with Gasteiger partial charge in [0.25, 0.3) is 5.87 Å². The predicted molar refractivity (Wildman–Crippen MR) is 62.9 cm³/mol. The largest absolute Gasteiger partial charge is 0.348 e. The van der Waals surface area contributed by atoms with E-state index >= 15 is 0 Å². The van der Waals surface area contributed by atoms with E-state index in [1.807, 2.05) is 6.08 Å². The van der Waals surface area contributed by atoms with Gasteiger partial charge in [-0.1, -0.05) is 18.2 Å². The molecule has 1 aromatic carbocycles. The summed E-state index contributed by atoms with van der Waals surface area (Å²) < 4.78 is 0. The van der Waals surface area contributed by atoms with Crippen LogP contribution in [0.5, 0.6) is 0 Å². The highest BCUT2D eigenvalue weighted by atomic mass is 14.8. The molecule has 0 saturated carbocycles. The Morgan fingerprint density at radius 2 is 1.80 bits per heavy atom. The molecule has 76 valence electrons. The molecule has 0 unspecified atom stereocenters. The fourth-order valence-corrected chi connectivity index (χ4v) is 1.40. The average molecular weight is 198 g/mol. The minimum Gasteiger partial charge on any atom is -0.348 e. The Labute approximate surface area is 90.2 Å². The summed E-state index contributed by atoms with van der Waals surface area (Å²) in [6, 6.07) is 4.26. The second-order valence-corrected chi connectivity index (χ2v) is 3.53. The van der Waals surface area contributed by atoms with Crippen molar-refractivity contribution in [2.24, 2.45) is 0 Å². The van der Waals surface area contributed by atoms with E-state index in [2.05, 4.69) is 43.6 Å².